The van der Waals surface area contributed by atoms with E-state index in [4.69, 9.17) is 30.4 Å². The van der Waals surface area contributed by atoms with Gasteiger partial charge in [-0.25, -0.2) is 0 Å². The number of rotatable bonds is 0. The maximum absolute atomic E-state index is 4.87. The molecule has 0 aliphatic carbocycles. The van der Waals surface area contributed by atoms with Gasteiger partial charge in [0.15, 0.2) is 0 Å². The Labute approximate surface area is 72.2 Å². The molecule has 5 nitrogen and oxygen atoms in total. The molecule has 0 bridgehead atoms. The third-order valence-electron chi connectivity index (χ3n) is 0. The number of hydrogen-bond acceptors (Lipinski definition) is 0. The van der Waals surface area contributed by atoms with Crippen molar-refractivity contribution in [3.05, 3.63) is 30.8 Å². The quantitative estimate of drug-likeness (QED) is 0.514. The van der Waals surface area contributed by atoms with Gasteiger partial charge in [-0.1, -0.05) is 0 Å². The Morgan fingerprint density at radius 3 is 0.556 bits per heavy atom. The molecule has 0 rings (SSSR count). The van der Waals surface area contributed by atoms with E-state index in [1.54, 1.807) is 0 Å². The van der Waals surface area contributed by atoms with Gasteiger partial charge in [0, 0.05) is 0 Å². The normalized spacial score (nSPS) is 5.00. The molecular weight excluding hydrogens is 235 g/mol. The Morgan fingerprint density at radius 1 is 0.556 bits per heavy atom. The van der Waals surface area contributed by atoms with Crippen LogP contribution >= 0.6 is 30.4 Å². The van der Waals surface area contributed by atoms with Crippen molar-refractivity contribution in [1.29, 1.82) is 0 Å². The fraction of sp³-hybridized carbons (Fsp3) is 0. The molecule has 0 aliphatic rings. The molecule has 0 spiro atoms. The summed E-state index contributed by atoms with van der Waals surface area (Å²) in [5, 5.41) is 0. The minimum atomic E-state index is -1.19. The van der Waals surface area contributed by atoms with Gasteiger partial charge < -0.3 is 30.8 Å². The summed E-state index contributed by atoms with van der Waals surface area (Å²) < 4.78 is 0. The summed E-state index contributed by atoms with van der Waals surface area (Å²) in [6.07, 6.45) is 0. The predicted molar refractivity (Wildman–Crippen MR) is 44.0 cm³/mol. The van der Waals surface area contributed by atoms with Crippen LogP contribution in [0.25, 0.3) is 30.8 Å². The standard InChI is InChI=1S/3ClH.Co.5H2N/h3*1H;;5*1H2/q;;;+3;5*-1/p-3. The molecule has 9 heteroatoms. The van der Waals surface area contributed by atoms with Crippen molar-refractivity contribution in [1.82, 2.24) is 0 Å². The Hall–Kier alpha value is 1.18. The van der Waals surface area contributed by atoms with E-state index in [1.807, 2.05) is 0 Å². The van der Waals surface area contributed by atoms with Crippen molar-refractivity contribution < 1.29 is 10.9 Å². The summed E-state index contributed by atoms with van der Waals surface area (Å²) in [6.45, 7) is 0. The zero-order chi connectivity index (χ0) is 3.58. The SMILES string of the molecule is [Cl][Co]([Cl])[Cl].[NH2-].[NH2-].[NH2-].[NH2-].[NH2-]. The second-order valence-electron chi connectivity index (χ2n) is 0.143. The molecule has 0 atom stereocenters. The van der Waals surface area contributed by atoms with E-state index < -0.39 is 10.9 Å². The fourth-order valence-electron chi connectivity index (χ4n) is 0. The minimum Gasteiger partial charge on any atom is -0.693 e. The molecule has 70 valence electrons. The zero-order valence-electron chi connectivity index (χ0n) is 4.35. The van der Waals surface area contributed by atoms with Gasteiger partial charge in [0.05, 0.1) is 0 Å². The van der Waals surface area contributed by atoms with Gasteiger partial charge in [-0.15, -0.1) is 0 Å². The van der Waals surface area contributed by atoms with Gasteiger partial charge in [0.2, 0.25) is 0 Å². The molecule has 0 saturated heterocycles. The Balaban J connectivity index is -0.00000000450. The molecule has 0 radical (unpaired) electrons. The molecule has 10 N–H and O–H groups in total. The van der Waals surface area contributed by atoms with Crippen LogP contribution in [-0.2, 0) is 10.9 Å². The predicted octanol–water partition coefficient (Wildman–Crippen LogP) is 5.65. The van der Waals surface area contributed by atoms with Crippen molar-refractivity contribution >= 4 is 30.4 Å². The van der Waals surface area contributed by atoms with Crippen molar-refractivity contribution in [2.24, 2.45) is 0 Å². The van der Waals surface area contributed by atoms with E-state index in [2.05, 4.69) is 0 Å². The molecule has 0 unspecified atom stereocenters. The van der Waals surface area contributed by atoms with Crippen LogP contribution in [-0.4, -0.2) is 0 Å². The van der Waals surface area contributed by atoms with Crippen LogP contribution in [0.3, 0.4) is 0 Å². The number of halogens is 3. The first-order valence-electron chi connectivity index (χ1n) is 0.378. The van der Waals surface area contributed by atoms with Crippen LogP contribution in [0.15, 0.2) is 0 Å². The number of nitrogens with two attached hydrogens (primary N) is 5. The third-order valence-corrected chi connectivity index (χ3v) is 0. The molecule has 0 fully saturated rings. The van der Waals surface area contributed by atoms with E-state index in [9.17, 15) is 0 Å². The molecule has 0 amide bonds. The van der Waals surface area contributed by atoms with Crippen LogP contribution in [0.5, 0.6) is 0 Å². The van der Waals surface area contributed by atoms with Crippen LogP contribution in [0.2, 0.25) is 0 Å². The Kier molecular flexibility index (Phi) is 192. The molecule has 0 aromatic carbocycles. The van der Waals surface area contributed by atoms with Crippen molar-refractivity contribution in [2.45, 2.75) is 0 Å². The van der Waals surface area contributed by atoms with Crippen LogP contribution in [0.4, 0.5) is 0 Å². The molecular formula is H10Cl3CoN5-5. The third kappa shape index (κ3) is 341. The summed E-state index contributed by atoms with van der Waals surface area (Å²) in [7, 11) is 13.4. The van der Waals surface area contributed by atoms with Gasteiger partial charge in [-0.2, -0.15) is 0 Å². The van der Waals surface area contributed by atoms with Crippen molar-refractivity contribution in [3.63, 3.8) is 0 Å². The molecule has 9 heavy (non-hydrogen) atoms. The summed E-state index contributed by atoms with van der Waals surface area (Å²) in [4.78, 5) is 0. The van der Waals surface area contributed by atoms with Crippen molar-refractivity contribution in [3.8, 4) is 0 Å². The Morgan fingerprint density at radius 2 is 0.556 bits per heavy atom. The molecule has 0 aromatic rings. The Bertz CT molecular complexity index is 16.9. The first-order chi connectivity index (χ1) is 1.73. The first kappa shape index (κ1) is 49.1. The fourth-order valence-corrected chi connectivity index (χ4v) is 0. The maximum Gasteiger partial charge on any atom is -0.693 e. The second kappa shape index (κ2) is 35.2. The number of hydrogen-bond donors (Lipinski definition) is 0. The average molecular weight is 245 g/mol. The molecule has 0 aromatic heterocycles. The van der Waals surface area contributed by atoms with E-state index in [-0.39, 0.29) is 30.8 Å². The summed E-state index contributed by atoms with van der Waals surface area (Å²) in [5.41, 5.74) is 0. The second-order valence-corrected chi connectivity index (χ2v) is 5.30. The van der Waals surface area contributed by atoms with Crippen LogP contribution in [0, 0.1) is 0 Å². The smallest absolute Gasteiger partial charge is 0.693 e. The molecule has 0 heterocycles. The van der Waals surface area contributed by atoms with Crippen molar-refractivity contribution in [2.75, 3.05) is 0 Å². The topological polar surface area (TPSA) is 168 Å². The summed E-state index contributed by atoms with van der Waals surface area (Å²) in [5.74, 6) is 0. The monoisotopic (exact) mass is 244 g/mol. The van der Waals surface area contributed by atoms with Gasteiger partial charge >= 0.3 is 41.4 Å². The average Bonchev–Trinajstić information content (AvgIpc) is 0.811. The first-order valence-corrected chi connectivity index (χ1v) is 4.68. The van der Waals surface area contributed by atoms with Gasteiger partial charge in [-0.05, 0) is 0 Å². The summed E-state index contributed by atoms with van der Waals surface area (Å²) >= 11 is 0. The van der Waals surface area contributed by atoms with E-state index in [0.29, 0.717) is 0 Å². The molecule has 0 aliphatic heterocycles. The maximum atomic E-state index is 4.87. The van der Waals surface area contributed by atoms with E-state index >= 15 is 0 Å². The van der Waals surface area contributed by atoms with Gasteiger partial charge in [0.25, 0.3) is 0 Å². The summed E-state index contributed by atoms with van der Waals surface area (Å²) in [6, 6.07) is 0. The largest absolute Gasteiger partial charge is 0.693 e. The van der Waals surface area contributed by atoms with Crippen LogP contribution in [0.1, 0.15) is 0 Å². The van der Waals surface area contributed by atoms with E-state index in [1.165, 1.54) is 0 Å². The zero-order valence-corrected chi connectivity index (χ0v) is 7.66. The van der Waals surface area contributed by atoms with E-state index in [0.717, 1.165) is 0 Å². The van der Waals surface area contributed by atoms with Gasteiger partial charge in [-0.3, -0.25) is 0 Å². The van der Waals surface area contributed by atoms with Crippen LogP contribution < -0.4 is 0 Å². The van der Waals surface area contributed by atoms with Gasteiger partial charge in [0.1, 0.15) is 0 Å². The minimum absolute atomic E-state index is 0. The molecule has 0 saturated carbocycles.